The van der Waals surface area contributed by atoms with Crippen LogP contribution in [0.15, 0.2) is 48.5 Å². The number of carbonyl (C=O) groups is 1. The summed E-state index contributed by atoms with van der Waals surface area (Å²) in [6, 6.07) is 14.1. The average molecular weight is 351 g/mol. The molecule has 0 aliphatic heterocycles. The Balaban J connectivity index is 1.82. The van der Waals surface area contributed by atoms with Crippen LogP contribution in [0.2, 0.25) is 5.02 Å². The van der Waals surface area contributed by atoms with Gasteiger partial charge in [-0.05, 0) is 36.5 Å². The summed E-state index contributed by atoms with van der Waals surface area (Å²) in [6.07, 6.45) is 0. The molecule has 2 rings (SSSR count). The number of para-hydroxylation sites is 1. The maximum Gasteiger partial charge on any atom is 0.264 e. The zero-order valence-corrected chi connectivity index (χ0v) is 13.9. The second-order valence-corrected chi connectivity index (χ2v) is 5.27. The van der Waals surface area contributed by atoms with Crippen LogP contribution >= 0.6 is 23.8 Å². The molecule has 0 fully saturated rings. The van der Waals surface area contributed by atoms with Gasteiger partial charge in [-0.1, -0.05) is 29.8 Å². The largest absolute Gasteiger partial charge is 0.497 e. The van der Waals surface area contributed by atoms with Crippen LogP contribution in [-0.4, -0.2) is 24.7 Å². The van der Waals surface area contributed by atoms with Crippen molar-refractivity contribution in [3.8, 4) is 11.5 Å². The van der Waals surface area contributed by atoms with Crippen molar-refractivity contribution in [2.75, 3.05) is 19.0 Å². The smallest absolute Gasteiger partial charge is 0.264 e. The van der Waals surface area contributed by atoms with E-state index < -0.39 is 0 Å². The van der Waals surface area contributed by atoms with Crippen molar-refractivity contribution in [3.63, 3.8) is 0 Å². The van der Waals surface area contributed by atoms with Crippen LogP contribution in [0.5, 0.6) is 11.5 Å². The number of anilines is 1. The van der Waals surface area contributed by atoms with Crippen LogP contribution in [0.4, 0.5) is 5.69 Å². The first-order valence-electron chi connectivity index (χ1n) is 6.70. The Morgan fingerprint density at radius 2 is 2.00 bits per heavy atom. The monoisotopic (exact) mass is 350 g/mol. The number of hydrogen-bond donors (Lipinski definition) is 2. The number of carbonyl (C=O) groups excluding carboxylic acids is 1. The van der Waals surface area contributed by atoms with Crippen molar-refractivity contribution in [2.24, 2.45) is 0 Å². The van der Waals surface area contributed by atoms with E-state index >= 15 is 0 Å². The van der Waals surface area contributed by atoms with Gasteiger partial charge in [-0.2, -0.15) is 0 Å². The minimum absolute atomic E-state index is 0.172. The van der Waals surface area contributed by atoms with Crippen molar-refractivity contribution in [1.29, 1.82) is 0 Å². The van der Waals surface area contributed by atoms with Crippen LogP contribution in [-0.2, 0) is 4.79 Å². The topological polar surface area (TPSA) is 59.6 Å². The normalized spacial score (nSPS) is 9.83. The molecule has 0 heterocycles. The molecule has 0 atom stereocenters. The fraction of sp³-hybridized carbons (Fsp3) is 0.125. The Labute approximate surface area is 144 Å². The van der Waals surface area contributed by atoms with E-state index in [0.717, 1.165) is 0 Å². The number of benzene rings is 2. The van der Waals surface area contributed by atoms with E-state index in [1.165, 1.54) is 0 Å². The lowest BCUT2D eigenvalue weighted by atomic mass is 10.3. The van der Waals surface area contributed by atoms with Crippen LogP contribution in [0.25, 0.3) is 0 Å². The molecule has 0 aromatic heterocycles. The molecule has 0 aliphatic carbocycles. The van der Waals surface area contributed by atoms with E-state index in [1.54, 1.807) is 43.5 Å². The summed E-state index contributed by atoms with van der Waals surface area (Å²) in [6.45, 7) is -0.191. The number of hydrogen-bond acceptors (Lipinski definition) is 4. The Morgan fingerprint density at radius 1 is 1.22 bits per heavy atom. The third kappa shape index (κ3) is 5.43. The fourth-order valence-corrected chi connectivity index (χ4v) is 2.15. The Kier molecular flexibility index (Phi) is 6.19. The predicted octanol–water partition coefficient (Wildman–Crippen LogP) is 3.24. The molecule has 5 nitrogen and oxygen atoms in total. The maximum atomic E-state index is 11.8. The van der Waals surface area contributed by atoms with Crippen molar-refractivity contribution in [3.05, 3.63) is 53.6 Å². The Hall–Kier alpha value is -2.31. The molecule has 0 unspecified atom stereocenters. The molecule has 120 valence electrons. The molecule has 0 saturated heterocycles. The second-order valence-electron chi connectivity index (χ2n) is 4.45. The zero-order chi connectivity index (χ0) is 16.7. The van der Waals surface area contributed by atoms with Gasteiger partial charge in [0.15, 0.2) is 11.7 Å². The third-order valence-corrected chi connectivity index (χ3v) is 3.29. The predicted molar refractivity (Wildman–Crippen MR) is 94.3 cm³/mol. The number of methoxy groups -OCH3 is 1. The molecular weight excluding hydrogens is 336 g/mol. The van der Waals surface area contributed by atoms with Gasteiger partial charge in [0.25, 0.3) is 5.91 Å². The highest BCUT2D eigenvalue weighted by Gasteiger charge is 2.08. The summed E-state index contributed by atoms with van der Waals surface area (Å²) in [7, 11) is 1.57. The lowest BCUT2D eigenvalue weighted by Crippen LogP contribution is -2.37. The summed E-state index contributed by atoms with van der Waals surface area (Å²) in [5.74, 6) is 0.743. The van der Waals surface area contributed by atoms with E-state index in [9.17, 15) is 4.79 Å². The second kappa shape index (κ2) is 8.36. The standard InChI is InChI=1S/C16H15ClN2O3S/c1-21-12-6-4-5-11(9-12)18-16(23)19-15(20)10-22-14-8-3-2-7-13(14)17/h2-9H,10H2,1H3,(H2,18,19,20,23). The summed E-state index contributed by atoms with van der Waals surface area (Å²) >= 11 is 11.0. The Bertz CT molecular complexity index is 709. The fourth-order valence-electron chi connectivity index (χ4n) is 1.73. The highest BCUT2D eigenvalue weighted by atomic mass is 35.5. The van der Waals surface area contributed by atoms with Gasteiger partial charge in [0.05, 0.1) is 12.1 Å². The number of rotatable bonds is 5. The first-order chi connectivity index (χ1) is 11.1. The molecule has 0 radical (unpaired) electrons. The maximum absolute atomic E-state index is 11.8. The molecule has 2 aromatic rings. The third-order valence-electron chi connectivity index (χ3n) is 2.78. The van der Waals surface area contributed by atoms with Crippen LogP contribution in [0.3, 0.4) is 0 Å². The number of amides is 1. The molecule has 7 heteroatoms. The number of ether oxygens (including phenoxy) is 2. The van der Waals surface area contributed by atoms with Gasteiger partial charge in [-0.3, -0.25) is 10.1 Å². The average Bonchev–Trinajstić information content (AvgIpc) is 2.54. The van der Waals surface area contributed by atoms with Crippen molar-refractivity contribution in [1.82, 2.24) is 5.32 Å². The van der Waals surface area contributed by atoms with Crippen LogP contribution in [0.1, 0.15) is 0 Å². The Morgan fingerprint density at radius 3 is 2.74 bits per heavy atom. The van der Waals surface area contributed by atoms with E-state index in [4.69, 9.17) is 33.3 Å². The number of nitrogens with one attached hydrogen (secondary N) is 2. The summed E-state index contributed by atoms with van der Waals surface area (Å²) in [5, 5.41) is 6.04. The van der Waals surface area contributed by atoms with Gasteiger partial charge in [0, 0.05) is 11.8 Å². The molecule has 1 amide bonds. The van der Waals surface area contributed by atoms with E-state index in [2.05, 4.69) is 10.6 Å². The quantitative estimate of drug-likeness (QED) is 0.811. The molecule has 23 heavy (non-hydrogen) atoms. The van der Waals surface area contributed by atoms with E-state index in [0.29, 0.717) is 22.2 Å². The highest BCUT2D eigenvalue weighted by molar-refractivity contribution is 7.80. The van der Waals surface area contributed by atoms with Gasteiger partial charge in [0.1, 0.15) is 11.5 Å². The SMILES string of the molecule is COc1cccc(NC(=S)NC(=O)COc2ccccc2Cl)c1. The molecule has 0 saturated carbocycles. The zero-order valence-electron chi connectivity index (χ0n) is 12.3. The molecule has 0 spiro atoms. The molecule has 0 aliphatic rings. The first kappa shape index (κ1) is 17.1. The van der Waals surface area contributed by atoms with Gasteiger partial charge in [-0.15, -0.1) is 0 Å². The van der Waals surface area contributed by atoms with Crippen molar-refractivity contribution in [2.45, 2.75) is 0 Å². The minimum atomic E-state index is -0.384. The summed E-state index contributed by atoms with van der Waals surface area (Å²) in [4.78, 5) is 11.8. The minimum Gasteiger partial charge on any atom is -0.497 e. The lowest BCUT2D eigenvalue weighted by molar-refractivity contribution is -0.121. The number of halogens is 1. The molecule has 0 bridgehead atoms. The van der Waals surface area contributed by atoms with E-state index in [-0.39, 0.29) is 17.6 Å². The molecule has 2 N–H and O–H groups in total. The van der Waals surface area contributed by atoms with Crippen LogP contribution in [0, 0.1) is 0 Å². The molecule has 2 aromatic carbocycles. The van der Waals surface area contributed by atoms with Crippen LogP contribution < -0.4 is 20.1 Å². The lowest BCUT2D eigenvalue weighted by Gasteiger charge is -2.11. The number of thiocarbonyl (C=S) groups is 1. The van der Waals surface area contributed by atoms with Gasteiger partial charge in [0.2, 0.25) is 0 Å². The molecular formula is C16H15ClN2O3S. The summed E-state index contributed by atoms with van der Waals surface area (Å²) in [5.41, 5.74) is 0.710. The highest BCUT2D eigenvalue weighted by Crippen LogP contribution is 2.22. The van der Waals surface area contributed by atoms with Crippen molar-refractivity contribution >= 4 is 40.5 Å². The van der Waals surface area contributed by atoms with Gasteiger partial charge < -0.3 is 14.8 Å². The van der Waals surface area contributed by atoms with Gasteiger partial charge in [-0.25, -0.2) is 0 Å². The van der Waals surface area contributed by atoms with Gasteiger partial charge >= 0.3 is 0 Å². The van der Waals surface area contributed by atoms with E-state index in [1.807, 2.05) is 12.1 Å². The first-order valence-corrected chi connectivity index (χ1v) is 7.49. The van der Waals surface area contributed by atoms with Crippen molar-refractivity contribution < 1.29 is 14.3 Å². The summed E-state index contributed by atoms with van der Waals surface area (Å²) < 4.78 is 10.4.